The van der Waals surface area contributed by atoms with Crippen molar-refractivity contribution in [3.8, 4) is 0 Å². The summed E-state index contributed by atoms with van der Waals surface area (Å²) in [6.07, 6.45) is 0.410. The van der Waals surface area contributed by atoms with E-state index in [9.17, 15) is 14.9 Å². The fourth-order valence-corrected chi connectivity index (χ4v) is 0.504. The van der Waals surface area contributed by atoms with Crippen LogP contribution in [0.1, 0.15) is 10.6 Å². The SMILES string of the molecule is CN.O=Cc1ccc([N+](=O)[O-])o1. The average Bonchev–Trinajstić information content (AvgIpc) is 2.55. The third-order valence-electron chi connectivity index (χ3n) is 0.909. The first kappa shape index (κ1) is 10.3. The number of nitro groups is 1. The van der Waals surface area contributed by atoms with Crippen LogP contribution in [0.3, 0.4) is 0 Å². The minimum atomic E-state index is -0.701. The molecule has 1 aromatic heterocycles. The number of nitrogens with two attached hydrogens (primary N) is 1. The summed E-state index contributed by atoms with van der Waals surface area (Å²) in [6, 6.07) is 2.37. The smallest absolute Gasteiger partial charge is 0.398 e. The quantitative estimate of drug-likeness (QED) is 0.399. The topological polar surface area (TPSA) is 99.4 Å². The Balaban J connectivity index is 0.000000561. The third-order valence-corrected chi connectivity index (χ3v) is 0.909. The van der Waals surface area contributed by atoms with Crippen LogP contribution in [-0.4, -0.2) is 18.3 Å². The van der Waals surface area contributed by atoms with Crippen molar-refractivity contribution in [2.24, 2.45) is 5.73 Å². The molecule has 1 aromatic rings. The molecular formula is C6H8N2O4. The van der Waals surface area contributed by atoms with Gasteiger partial charge in [-0.2, -0.15) is 0 Å². The van der Waals surface area contributed by atoms with Crippen LogP contribution in [0.25, 0.3) is 0 Å². The van der Waals surface area contributed by atoms with E-state index in [2.05, 4.69) is 10.2 Å². The molecule has 6 heteroatoms. The largest absolute Gasteiger partial charge is 0.433 e. The maximum atomic E-state index is 9.93. The second kappa shape index (κ2) is 5.03. The summed E-state index contributed by atoms with van der Waals surface area (Å²) >= 11 is 0. The van der Waals surface area contributed by atoms with Gasteiger partial charge in [0.1, 0.15) is 4.92 Å². The highest BCUT2D eigenvalue weighted by molar-refractivity contribution is 5.70. The molecule has 6 nitrogen and oxygen atoms in total. The molecule has 0 radical (unpaired) electrons. The van der Waals surface area contributed by atoms with Crippen LogP contribution in [0.2, 0.25) is 0 Å². The first-order chi connectivity index (χ1) is 5.74. The zero-order chi connectivity index (χ0) is 9.56. The van der Waals surface area contributed by atoms with Crippen LogP contribution < -0.4 is 5.73 Å². The van der Waals surface area contributed by atoms with E-state index in [0.717, 1.165) is 6.07 Å². The minimum Gasteiger partial charge on any atom is -0.398 e. The second-order valence-electron chi connectivity index (χ2n) is 1.55. The molecule has 0 bridgehead atoms. The Morgan fingerprint density at radius 3 is 2.42 bits per heavy atom. The van der Waals surface area contributed by atoms with E-state index in [0.29, 0.717) is 6.29 Å². The van der Waals surface area contributed by atoms with Gasteiger partial charge < -0.3 is 10.2 Å². The maximum Gasteiger partial charge on any atom is 0.433 e. The molecule has 0 spiro atoms. The molecule has 0 aliphatic carbocycles. The van der Waals surface area contributed by atoms with Gasteiger partial charge in [-0.25, -0.2) is 0 Å². The summed E-state index contributed by atoms with van der Waals surface area (Å²) in [4.78, 5) is 19.2. The number of aldehydes is 1. The summed E-state index contributed by atoms with van der Waals surface area (Å²) in [5.74, 6) is -0.450. The number of nitrogens with zero attached hydrogens (tertiary/aromatic N) is 1. The van der Waals surface area contributed by atoms with Crippen molar-refractivity contribution >= 4 is 12.2 Å². The molecule has 1 rings (SSSR count). The number of carbonyl (C=O) groups is 1. The van der Waals surface area contributed by atoms with E-state index in [1.165, 1.54) is 13.1 Å². The number of carbonyl (C=O) groups excluding carboxylic acids is 1. The summed E-state index contributed by atoms with van der Waals surface area (Å²) < 4.78 is 4.43. The monoisotopic (exact) mass is 172 g/mol. The summed E-state index contributed by atoms with van der Waals surface area (Å²) in [5, 5.41) is 9.93. The van der Waals surface area contributed by atoms with Crippen LogP contribution in [0, 0.1) is 10.1 Å². The zero-order valence-electron chi connectivity index (χ0n) is 6.39. The van der Waals surface area contributed by atoms with E-state index >= 15 is 0 Å². The Morgan fingerprint density at radius 1 is 1.58 bits per heavy atom. The molecule has 0 atom stereocenters. The molecule has 0 fully saturated rings. The van der Waals surface area contributed by atoms with Crippen LogP contribution >= 0.6 is 0 Å². The Morgan fingerprint density at radius 2 is 2.17 bits per heavy atom. The van der Waals surface area contributed by atoms with Crippen LogP contribution in [-0.2, 0) is 0 Å². The van der Waals surface area contributed by atoms with E-state index in [1.807, 2.05) is 0 Å². The lowest BCUT2D eigenvalue weighted by atomic mass is 10.5. The molecule has 0 amide bonds. The standard InChI is InChI=1S/C5H3NO4.CH5N/c7-3-4-1-2-5(10-4)6(8)9;1-2/h1-3H;2H2,1H3. The van der Waals surface area contributed by atoms with Crippen LogP contribution in [0.5, 0.6) is 0 Å². The number of rotatable bonds is 2. The van der Waals surface area contributed by atoms with E-state index in [4.69, 9.17) is 0 Å². The van der Waals surface area contributed by atoms with E-state index < -0.39 is 10.8 Å². The number of hydrogen-bond acceptors (Lipinski definition) is 5. The molecule has 2 N–H and O–H groups in total. The van der Waals surface area contributed by atoms with Gasteiger partial charge in [-0.3, -0.25) is 14.9 Å². The molecule has 12 heavy (non-hydrogen) atoms. The van der Waals surface area contributed by atoms with Crippen molar-refractivity contribution in [3.63, 3.8) is 0 Å². The average molecular weight is 172 g/mol. The predicted molar refractivity (Wildman–Crippen MR) is 40.9 cm³/mol. The van der Waals surface area contributed by atoms with Gasteiger partial charge >= 0.3 is 5.88 Å². The van der Waals surface area contributed by atoms with Crippen molar-refractivity contribution in [1.29, 1.82) is 0 Å². The van der Waals surface area contributed by atoms with Crippen molar-refractivity contribution in [1.82, 2.24) is 0 Å². The Bertz CT molecular complexity index is 268. The molecule has 0 unspecified atom stereocenters. The molecule has 0 saturated carbocycles. The Hall–Kier alpha value is -1.69. The Labute approximate surface area is 68.1 Å². The first-order valence-electron chi connectivity index (χ1n) is 3.01. The summed E-state index contributed by atoms with van der Waals surface area (Å²) in [6.45, 7) is 0. The van der Waals surface area contributed by atoms with Gasteiger partial charge in [0.05, 0.1) is 6.07 Å². The fourth-order valence-electron chi connectivity index (χ4n) is 0.504. The highest BCUT2D eigenvalue weighted by Gasteiger charge is 2.10. The maximum absolute atomic E-state index is 9.93. The predicted octanol–water partition coefficient (Wildman–Crippen LogP) is 0.575. The lowest BCUT2D eigenvalue weighted by Crippen LogP contribution is -1.82. The highest BCUT2D eigenvalue weighted by atomic mass is 16.6. The van der Waals surface area contributed by atoms with Crippen molar-refractivity contribution in [3.05, 3.63) is 28.0 Å². The molecule has 66 valence electrons. The number of hydrogen-bond donors (Lipinski definition) is 1. The first-order valence-corrected chi connectivity index (χ1v) is 3.01. The van der Waals surface area contributed by atoms with Gasteiger partial charge in [-0.15, -0.1) is 0 Å². The van der Waals surface area contributed by atoms with E-state index in [1.54, 1.807) is 0 Å². The van der Waals surface area contributed by atoms with Gasteiger partial charge in [0, 0.05) is 0 Å². The second-order valence-corrected chi connectivity index (χ2v) is 1.55. The summed E-state index contributed by atoms with van der Waals surface area (Å²) in [5.41, 5.74) is 4.50. The lowest BCUT2D eigenvalue weighted by Gasteiger charge is -1.79. The molecule has 0 saturated heterocycles. The minimum absolute atomic E-state index is 0.0355. The highest BCUT2D eigenvalue weighted by Crippen LogP contribution is 2.13. The van der Waals surface area contributed by atoms with E-state index in [-0.39, 0.29) is 5.76 Å². The van der Waals surface area contributed by atoms with Crippen molar-refractivity contribution < 1.29 is 14.1 Å². The molecule has 1 heterocycles. The van der Waals surface area contributed by atoms with Gasteiger partial charge in [-0.05, 0) is 13.1 Å². The van der Waals surface area contributed by atoms with Crippen LogP contribution in [0.4, 0.5) is 5.88 Å². The van der Waals surface area contributed by atoms with Gasteiger partial charge in [0.15, 0.2) is 12.0 Å². The van der Waals surface area contributed by atoms with Gasteiger partial charge in [0.2, 0.25) is 0 Å². The Kier molecular flexibility index (Phi) is 4.32. The van der Waals surface area contributed by atoms with Gasteiger partial charge in [0.25, 0.3) is 0 Å². The fraction of sp³-hybridized carbons (Fsp3) is 0.167. The summed E-state index contributed by atoms with van der Waals surface area (Å²) in [7, 11) is 1.50. The molecule has 0 aromatic carbocycles. The molecular weight excluding hydrogens is 164 g/mol. The number of furan rings is 1. The molecule has 0 aliphatic rings. The van der Waals surface area contributed by atoms with Gasteiger partial charge in [-0.1, -0.05) is 0 Å². The van der Waals surface area contributed by atoms with Crippen LogP contribution in [0.15, 0.2) is 16.5 Å². The zero-order valence-corrected chi connectivity index (χ0v) is 6.39. The van der Waals surface area contributed by atoms with Crippen molar-refractivity contribution in [2.45, 2.75) is 0 Å². The lowest BCUT2D eigenvalue weighted by molar-refractivity contribution is -0.402. The molecule has 0 aliphatic heterocycles. The normalized spacial score (nSPS) is 8.17. The third kappa shape index (κ3) is 2.51. The van der Waals surface area contributed by atoms with Crippen molar-refractivity contribution in [2.75, 3.05) is 7.05 Å².